The van der Waals surface area contributed by atoms with Gasteiger partial charge in [-0.25, -0.2) is 0 Å². The van der Waals surface area contributed by atoms with E-state index in [0.29, 0.717) is 32.9 Å². The van der Waals surface area contributed by atoms with Gasteiger partial charge in [-0.1, -0.05) is 59.8 Å². The van der Waals surface area contributed by atoms with E-state index in [0.717, 1.165) is 6.42 Å². The summed E-state index contributed by atoms with van der Waals surface area (Å²) in [6, 6.07) is 0. The largest absolute Gasteiger partial charge is 0.396 e. The highest BCUT2D eigenvalue weighted by Crippen LogP contribution is 2.10. The Labute approximate surface area is 113 Å². The second-order valence-corrected chi connectivity index (χ2v) is 7.07. The van der Waals surface area contributed by atoms with Gasteiger partial charge in [-0.2, -0.15) is 0 Å². The molecule has 96 valence electrons. The quantitative estimate of drug-likeness (QED) is 0.463. The van der Waals surface area contributed by atoms with Crippen LogP contribution in [0.2, 0.25) is 9.10 Å². The molecule has 0 saturated carbocycles. The van der Waals surface area contributed by atoms with Crippen molar-refractivity contribution in [3.63, 3.8) is 0 Å². The van der Waals surface area contributed by atoms with Crippen LogP contribution in [0.25, 0.3) is 0 Å². The summed E-state index contributed by atoms with van der Waals surface area (Å²) in [4.78, 5) is 0. The van der Waals surface area contributed by atoms with Gasteiger partial charge < -0.3 is 5.11 Å². The molecular formula is C14H32MgO. The number of aliphatic hydroxyl groups excluding tert-OH is 1. The first kappa shape index (κ1) is 19.1. The second kappa shape index (κ2) is 18.1. The molecule has 2 heteroatoms. The van der Waals surface area contributed by atoms with Crippen LogP contribution in [0.1, 0.15) is 66.2 Å². The fourth-order valence-electron chi connectivity index (χ4n) is 1.59. The van der Waals surface area contributed by atoms with Gasteiger partial charge in [0.2, 0.25) is 0 Å². The molecule has 0 saturated heterocycles. The molecule has 0 spiro atoms. The predicted octanol–water partition coefficient (Wildman–Crippen LogP) is 4.54. The van der Waals surface area contributed by atoms with Crippen molar-refractivity contribution < 1.29 is 5.11 Å². The molecule has 1 nitrogen and oxygen atoms in total. The van der Waals surface area contributed by atoms with E-state index in [9.17, 15) is 0 Å². The van der Waals surface area contributed by atoms with Crippen LogP contribution in [-0.2, 0) is 0 Å². The third kappa shape index (κ3) is 17.1. The average molecular weight is 241 g/mol. The highest BCUT2D eigenvalue weighted by Gasteiger charge is 2.01. The maximum atomic E-state index is 8.75. The number of hydrogen-bond donors (Lipinski definition) is 1. The summed E-state index contributed by atoms with van der Waals surface area (Å²) in [5, 5.41) is 8.75. The lowest BCUT2D eigenvalue weighted by molar-refractivity contribution is 0.212. The standard InChI is InChI=1S/C8H18O.C4H9.C2H5.Mg/c1-3-5-6-8(4-2)7-9;1-3-4-2;1-2;/h8-9H,3-7H2,1-2H3;1,3-4H2,2H3;1H2,2H3;. The Balaban J connectivity index is 0. The lowest BCUT2D eigenvalue weighted by atomic mass is 10.0. The number of unbranched alkanes of at least 4 members (excludes halogenated alkanes) is 2. The van der Waals surface area contributed by atoms with E-state index in [1.54, 1.807) is 4.55 Å². The second-order valence-electron chi connectivity index (χ2n) is 4.66. The Morgan fingerprint density at radius 1 is 1.00 bits per heavy atom. The highest BCUT2D eigenvalue weighted by molar-refractivity contribution is 6.35. The van der Waals surface area contributed by atoms with Crippen LogP contribution in [0.5, 0.6) is 0 Å². The van der Waals surface area contributed by atoms with Crippen molar-refractivity contribution >= 4 is 20.4 Å². The SMILES string of the molecule is CCCCC(CC)CO.CCC[CH2][Mg][CH2]C. The third-order valence-electron chi connectivity index (χ3n) is 3.01. The topological polar surface area (TPSA) is 20.2 Å². The normalized spacial score (nSPS) is 11.3. The van der Waals surface area contributed by atoms with Crippen LogP contribution in [0.3, 0.4) is 0 Å². The molecule has 0 aliphatic rings. The molecule has 16 heavy (non-hydrogen) atoms. The van der Waals surface area contributed by atoms with Gasteiger partial charge in [0, 0.05) is 6.61 Å². The maximum Gasteiger partial charge on any atom is 0.363 e. The number of hydrogen-bond acceptors (Lipinski definition) is 1. The number of rotatable bonds is 9. The Hall–Kier alpha value is 0.726. The Morgan fingerprint density at radius 2 is 1.62 bits per heavy atom. The minimum Gasteiger partial charge on any atom is -0.396 e. The monoisotopic (exact) mass is 240 g/mol. The summed E-state index contributed by atoms with van der Waals surface area (Å²) in [6.07, 6.45) is 7.71. The van der Waals surface area contributed by atoms with Crippen molar-refractivity contribution in [1.29, 1.82) is 0 Å². The van der Waals surface area contributed by atoms with E-state index < -0.39 is 0 Å². The Bertz CT molecular complexity index is 98.9. The van der Waals surface area contributed by atoms with E-state index in [2.05, 4.69) is 27.7 Å². The Kier molecular flexibility index (Phi) is 21.6. The molecule has 0 radical (unpaired) electrons. The smallest absolute Gasteiger partial charge is 0.363 e. The van der Waals surface area contributed by atoms with Crippen LogP contribution >= 0.6 is 0 Å². The van der Waals surface area contributed by atoms with Crippen molar-refractivity contribution in [1.82, 2.24) is 0 Å². The van der Waals surface area contributed by atoms with Crippen molar-refractivity contribution in [2.24, 2.45) is 5.92 Å². The number of aliphatic hydroxyl groups is 1. The van der Waals surface area contributed by atoms with E-state index in [4.69, 9.17) is 5.11 Å². The van der Waals surface area contributed by atoms with Gasteiger partial charge in [0.15, 0.2) is 0 Å². The molecule has 0 aliphatic carbocycles. The highest BCUT2D eigenvalue weighted by atomic mass is 24.5. The van der Waals surface area contributed by atoms with Crippen LogP contribution in [0.4, 0.5) is 0 Å². The fraction of sp³-hybridized carbons (Fsp3) is 1.00. The summed E-state index contributed by atoms with van der Waals surface area (Å²) in [5.74, 6) is 0.560. The molecular weight excluding hydrogens is 208 g/mol. The molecule has 0 fully saturated rings. The van der Waals surface area contributed by atoms with Gasteiger partial charge in [-0.15, -0.1) is 9.10 Å². The van der Waals surface area contributed by atoms with Gasteiger partial charge in [-0.3, -0.25) is 0 Å². The zero-order valence-electron chi connectivity index (χ0n) is 12.1. The van der Waals surface area contributed by atoms with Crippen molar-refractivity contribution in [2.45, 2.75) is 75.3 Å². The van der Waals surface area contributed by atoms with Gasteiger partial charge >= 0.3 is 20.4 Å². The van der Waals surface area contributed by atoms with Crippen LogP contribution in [0.15, 0.2) is 0 Å². The van der Waals surface area contributed by atoms with Gasteiger partial charge in [0.25, 0.3) is 0 Å². The zero-order chi connectivity index (χ0) is 12.6. The Morgan fingerprint density at radius 3 is 2.00 bits per heavy atom. The van der Waals surface area contributed by atoms with E-state index in [1.165, 1.54) is 36.7 Å². The third-order valence-corrected chi connectivity index (χ3v) is 4.72. The molecule has 1 N–H and O–H groups in total. The maximum absolute atomic E-state index is 8.75. The van der Waals surface area contributed by atoms with E-state index in [-0.39, 0.29) is 0 Å². The van der Waals surface area contributed by atoms with E-state index >= 15 is 0 Å². The van der Waals surface area contributed by atoms with Crippen LogP contribution in [0, 0.1) is 5.92 Å². The summed E-state index contributed by atoms with van der Waals surface area (Å²) in [5.41, 5.74) is 0. The van der Waals surface area contributed by atoms with Gasteiger partial charge in [-0.05, 0) is 12.3 Å². The van der Waals surface area contributed by atoms with Gasteiger partial charge in [0.05, 0.1) is 0 Å². The molecule has 0 bridgehead atoms. The predicted molar refractivity (Wildman–Crippen MR) is 76.3 cm³/mol. The van der Waals surface area contributed by atoms with Crippen molar-refractivity contribution in [3.05, 3.63) is 0 Å². The lowest BCUT2D eigenvalue weighted by Gasteiger charge is -2.08. The molecule has 0 aromatic heterocycles. The minimum absolute atomic E-state index is 0.372. The van der Waals surface area contributed by atoms with Crippen molar-refractivity contribution in [2.75, 3.05) is 6.61 Å². The molecule has 0 aliphatic heterocycles. The first-order valence-electron chi connectivity index (χ1n) is 7.37. The molecule has 0 amide bonds. The summed E-state index contributed by atoms with van der Waals surface area (Å²) in [7, 11) is 0. The average Bonchev–Trinajstić information content (AvgIpc) is 2.32. The molecule has 0 rings (SSSR count). The van der Waals surface area contributed by atoms with Crippen LogP contribution in [-0.4, -0.2) is 32.1 Å². The molecule has 0 aromatic rings. The lowest BCUT2D eigenvalue weighted by Crippen LogP contribution is -2.03. The van der Waals surface area contributed by atoms with E-state index in [1.807, 2.05) is 0 Å². The van der Waals surface area contributed by atoms with Gasteiger partial charge in [0.1, 0.15) is 0 Å². The fourth-order valence-corrected chi connectivity index (χ4v) is 2.95. The molecule has 1 unspecified atom stereocenters. The zero-order valence-corrected chi connectivity index (χ0v) is 13.5. The van der Waals surface area contributed by atoms with Crippen molar-refractivity contribution in [3.8, 4) is 0 Å². The minimum atomic E-state index is 0.372. The summed E-state index contributed by atoms with van der Waals surface area (Å²) >= 11 is 0.411. The molecule has 1 atom stereocenters. The first-order chi connectivity index (χ1) is 7.76. The van der Waals surface area contributed by atoms with Crippen LogP contribution < -0.4 is 0 Å². The first-order valence-corrected chi connectivity index (χ1v) is 9.37. The molecule has 0 heterocycles. The summed E-state index contributed by atoms with van der Waals surface area (Å²) < 4.78 is 3.08. The molecule has 0 aromatic carbocycles. The summed E-state index contributed by atoms with van der Waals surface area (Å²) in [6.45, 7) is 9.27.